The van der Waals surface area contributed by atoms with Crippen molar-refractivity contribution in [3.8, 4) is 5.69 Å². The first-order chi connectivity index (χ1) is 11.4. The molecular weight excluding hydrogens is 380 g/mol. The molecule has 2 N–H and O–H groups in total. The van der Waals surface area contributed by atoms with Gasteiger partial charge in [0.15, 0.2) is 11.2 Å². The summed E-state index contributed by atoms with van der Waals surface area (Å²) in [6.45, 7) is 1.93. The third-order valence-electron chi connectivity index (χ3n) is 3.95. The summed E-state index contributed by atoms with van der Waals surface area (Å²) in [4.78, 5) is 24.0. The number of carboxylic acid groups (broad SMARTS) is 1. The number of nitrogens with zero attached hydrogens (tertiary/aromatic N) is 3. The second-order valence-corrected chi connectivity index (χ2v) is 6.47. The molecule has 1 aliphatic heterocycles. The predicted molar refractivity (Wildman–Crippen MR) is 87.1 cm³/mol. The minimum absolute atomic E-state index is 0.0626. The predicted octanol–water partition coefficient (Wildman–Crippen LogP) is 1.31. The number of aliphatic carboxylic acids is 1. The quantitative estimate of drug-likeness (QED) is 0.809. The molecule has 1 aromatic carbocycles. The van der Waals surface area contributed by atoms with Crippen LogP contribution in [0.25, 0.3) is 5.69 Å². The van der Waals surface area contributed by atoms with Crippen LogP contribution in [0, 0.1) is 6.92 Å². The summed E-state index contributed by atoms with van der Waals surface area (Å²) in [6.07, 6.45) is 0.215. The van der Waals surface area contributed by atoms with Crippen molar-refractivity contribution in [2.24, 2.45) is 0 Å². The summed E-state index contributed by atoms with van der Waals surface area (Å²) in [5, 5.41) is 19.8. The number of carbonyl (C=O) groups excluding carboxylic acids is 1. The van der Waals surface area contributed by atoms with Crippen molar-refractivity contribution in [1.82, 2.24) is 20.3 Å². The van der Waals surface area contributed by atoms with Crippen LogP contribution < -0.4 is 5.32 Å². The molecule has 126 valence electrons. The van der Waals surface area contributed by atoms with Gasteiger partial charge in [-0.25, -0.2) is 9.48 Å². The zero-order valence-corrected chi connectivity index (χ0v) is 14.4. The smallest absolute Gasteiger partial charge is 0.331 e. The van der Waals surface area contributed by atoms with E-state index in [1.54, 1.807) is 6.92 Å². The Morgan fingerprint density at radius 3 is 2.88 bits per heavy atom. The second-order valence-electron chi connectivity index (χ2n) is 5.56. The van der Waals surface area contributed by atoms with E-state index >= 15 is 0 Å². The van der Waals surface area contributed by atoms with Gasteiger partial charge in [-0.3, -0.25) is 4.79 Å². The van der Waals surface area contributed by atoms with E-state index in [9.17, 15) is 14.7 Å². The SMILES string of the molecule is Cc1c(C(=O)NC2(C(=O)O)CCOC2)nnn1-c1cccc(Br)c1. The molecule has 0 saturated carbocycles. The van der Waals surface area contributed by atoms with E-state index in [-0.39, 0.29) is 25.3 Å². The minimum atomic E-state index is -1.41. The first kappa shape index (κ1) is 16.6. The Hall–Kier alpha value is -2.26. The van der Waals surface area contributed by atoms with Crippen LogP contribution in [0.4, 0.5) is 0 Å². The molecule has 1 unspecified atom stereocenters. The van der Waals surface area contributed by atoms with Crippen LogP contribution in [0.3, 0.4) is 0 Å². The van der Waals surface area contributed by atoms with E-state index in [4.69, 9.17) is 4.74 Å². The Bertz CT molecular complexity index is 799. The number of amides is 1. The lowest BCUT2D eigenvalue weighted by Crippen LogP contribution is -2.55. The van der Waals surface area contributed by atoms with Crippen LogP contribution >= 0.6 is 15.9 Å². The van der Waals surface area contributed by atoms with Crippen LogP contribution in [-0.2, 0) is 9.53 Å². The van der Waals surface area contributed by atoms with E-state index in [0.29, 0.717) is 5.69 Å². The van der Waals surface area contributed by atoms with E-state index in [0.717, 1.165) is 10.2 Å². The van der Waals surface area contributed by atoms with Gasteiger partial charge in [0.2, 0.25) is 0 Å². The van der Waals surface area contributed by atoms with Crippen molar-refractivity contribution in [3.05, 3.63) is 40.1 Å². The highest BCUT2D eigenvalue weighted by Gasteiger charge is 2.44. The lowest BCUT2D eigenvalue weighted by molar-refractivity contribution is -0.144. The number of halogens is 1. The molecule has 9 heteroatoms. The molecule has 24 heavy (non-hydrogen) atoms. The van der Waals surface area contributed by atoms with Crippen molar-refractivity contribution < 1.29 is 19.4 Å². The zero-order chi connectivity index (χ0) is 17.3. The van der Waals surface area contributed by atoms with Gasteiger partial charge in [-0.05, 0) is 25.1 Å². The fourth-order valence-electron chi connectivity index (χ4n) is 2.55. The van der Waals surface area contributed by atoms with Crippen LogP contribution in [0.15, 0.2) is 28.7 Å². The third-order valence-corrected chi connectivity index (χ3v) is 4.44. The van der Waals surface area contributed by atoms with E-state index in [2.05, 4.69) is 31.6 Å². The summed E-state index contributed by atoms with van der Waals surface area (Å²) in [5.74, 6) is -1.70. The van der Waals surface area contributed by atoms with Crippen LogP contribution in [0.1, 0.15) is 22.6 Å². The fourth-order valence-corrected chi connectivity index (χ4v) is 2.94. The highest BCUT2D eigenvalue weighted by molar-refractivity contribution is 9.10. The number of carboxylic acids is 1. The molecule has 2 heterocycles. The molecule has 2 aromatic rings. The van der Waals surface area contributed by atoms with Gasteiger partial charge in [-0.1, -0.05) is 27.2 Å². The zero-order valence-electron chi connectivity index (χ0n) is 12.8. The molecule has 0 bridgehead atoms. The highest BCUT2D eigenvalue weighted by Crippen LogP contribution is 2.21. The molecule has 1 aromatic heterocycles. The average Bonchev–Trinajstić information content (AvgIpc) is 3.15. The molecule has 1 fully saturated rings. The first-order valence-electron chi connectivity index (χ1n) is 7.25. The van der Waals surface area contributed by atoms with Crippen molar-refractivity contribution in [2.75, 3.05) is 13.2 Å². The second kappa shape index (κ2) is 6.33. The molecule has 3 rings (SSSR count). The van der Waals surface area contributed by atoms with Gasteiger partial charge in [-0.15, -0.1) is 5.10 Å². The molecule has 1 atom stereocenters. The lowest BCUT2D eigenvalue weighted by atomic mass is 9.99. The Balaban J connectivity index is 1.88. The van der Waals surface area contributed by atoms with Gasteiger partial charge in [0.1, 0.15) is 0 Å². The van der Waals surface area contributed by atoms with Crippen molar-refractivity contribution in [2.45, 2.75) is 18.9 Å². The number of rotatable bonds is 4. The van der Waals surface area contributed by atoms with Crippen molar-refractivity contribution in [1.29, 1.82) is 0 Å². The van der Waals surface area contributed by atoms with Crippen LogP contribution in [-0.4, -0.2) is 50.7 Å². The highest BCUT2D eigenvalue weighted by atomic mass is 79.9. The first-order valence-corrected chi connectivity index (χ1v) is 8.04. The van der Waals surface area contributed by atoms with Crippen LogP contribution in [0.2, 0.25) is 0 Å². The number of benzene rings is 1. The summed E-state index contributed by atoms with van der Waals surface area (Å²) in [7, 11) is 0. The van der Waals surface area contributed by atoms with Gasteiger partial charge < -0.3 is 15.2 Å². The standard InChI is InChI=1S/C15H15BrN4O4/c1-9-12(13(21)17-15(14(22)23)5-6-24-8-15)18-19-20(9)11-4-2-3-10(16)7-11/h2-4,7H,5-6,8H2,1H3,(H,17,21)(H,22,23). The third kappa shape index (κ3) is 2.92. The van der Waals surface area contributed by atoms with E-state index < -0.39 is 17.4 Å². The van der Waals surface area contributed by atoms with E-state index in [1.165, 1.54) is 4.68 Å². The fraction of sp³-hybridized carbons (Fsp3) is 0.333. The maximum absolute atomic E-state index is 12.5. The number of hydrogen-bond donors (Lipinski definition) is 2. The normalized spacial score (nSPS) is 20.1. The lowest BCUT2D eigenvalue weighted by Gasteiger charge is -2.23. The molecule has 8 nitrogen and oxygen atoms in total. The molecule has 1 saturated heterocycles. The summed E-state index contributed by atoms with van der Waals surface area (Å²) >= 11 is 3.38. The van der Waals surface area contributed by atoms with E-state index in [1.807, 2.05) is 24.3 Å². The van der Waals surface area contributed by atoms with Crippen molar-refractivity contribution >= 4 is 27.8 Å². The van der Waals surface area contributed by atoms with Crippen molar-refractivity contribution in [3.63, 3.8) is 0 Å². The molecule has 1 aliphatic rings. The Kier molecular flexibility index (Phi) is 4.37. The Morgan fingerprint density at radius 2 is 2.25 bits per heavy atom. The number of carbonyl (C=O) groups is 2. The minimum Gasteiger partial charge on any atom is -0.479 e. The summed E-state index contributed by atoms with van der Waals surface area (Å²) < 4.78 is 7.53. The van der Waals surface area contributed by atoms with Crippen LogP contribution in [0.5, 0.6) is 0 Å². The van der Waals surface area contributed by atoms with Gasteiger partial charge in [0.05, 0.1) is 18.0 Å². The maximum atomic E-state index is 12.5. The Labute approximate surface area is 145 Å². The summed E-state index contributed by atoms with van der Waals surface area (Å²) in [5.41, 5.74) is -0.0681. The number of hydrogen-bond acceptors (Lipinski definition) is 5. The number of aromatic nitrogens is 3. The molecule has 0 spiro atoms. The maximum Gasteiger partial charge on any atom is 0.331 e. The van der Waals surface area contributed by atoms with Gasteiger partial charge >= 0.3 is 5.97 Å². The van der Waals surface area contributed by atoms with Gasteiger partial charge in [0, 0.05) is 17.5 Å². The monoisotopic (exact) mass is 394 g/mol. The van der Waals surface area contributed by atoms with Gasteiger partial charge in [-0.2, -0.15) is 0 Å². The molecular formula is C15H15BrN4O4. The number of ether oxygens (including phenoxy) is 1. The van der Waals surface area contributed by atoms with Gasteiger partial charge in [0.25, 0.3) is 5.91 Å². The largest absolute Gasteiger partial charge is 0.479 e. The number of nitrogens with one attached hydrogen (secondary N) is 1. The Morgan fingerprint density at radius 1 is 1.46 bits per heavy atom. The molecule has 1 amide bonds. The topological polar surface area (TPSA) is 106 Å². The summed E-state index contributed by atoms with van der Waals surface area (Å²) in [6, 6.07) is 7.39. The molecule has 0 aliphatic carbocycles. The molecule has 0 radical (unpaired) electrons. The average molecular weight is 395 g/mol.